The minimum atomic E-state index is 0.435. The lowest BCUT2D eigenvalue weighted by molar-refractivity contribution is 0.669. The number of hydrogen-bond donors (Lipinski definition) is 0. The number of benzene rings is 19. The van der Waals surface area contributed by atoms with Crippen molar-refractivity contribution in [3.8, 4) is 0 Å². The largest absolute Gasteiger partial charge is 0.456 e. The van der Waals surface area contributed by atoms with Gasteiger partial charge in [-0.05, 0) is 192 Å². The third-order valence-electron chi connectivity index (χ3n) is 29.1. The Hall–Kier alpha value is -18.4. The van der Waals surface area contributed by atoms with Crippen LogP contribution in [0.15, 0.2) is 447 Å². The molecular formula is C125H72N10O4S. The molecule has 0 amide bonds. The van der Waals surface area contributed by atoms with Crippen LogP contribution in [0.5, 0.6) is 0 Å². The summed E-state index contributed by atoms with van der Waals surface area (Å²) in [4.78, 5) is 26.4. The highest BCUT2D eigenvalue weighted by Crippen LogP contribution is 2.54. The van der Waals surface area contributed by atoms with Crippen molar-refractivity contribution >= 4 is 291 Å². The van der Waals surface area contributed by atoms with Crippen LogP contribution < -0.4 is 0 Å². The molecule has 0 fully saturated rings. The van der Waals surface area contributed by atoms with E-state index in [9.17, 15) is 0 Å². The molecule has 0 N–H and O–H groups in total. The number of nitrogens with zero attached hydrogens (tertiary/aromatic N) is 10. The van der Waals surface area contributed by atoms with Gasteiger partial charge in [0.05, 0.1) is 82.8 Å². The molecule has 2 aliphatic rings. The molecule has 2 atom stereocenters. The number of hydrogen-bond acceptors (Lipinski definition) is 10. The third-order valence-corrected chi connectivity index (χ3v) is 30.5. The molecule has 652 valence electrons. The van der Waals surface area contributed by atoms with E-state index >= 15 is 0 Å². The maximum Gasteiger partial charge on any atom is 0.147 e. The highest BCUT2D eigenvalue weighted by atomic mass is 32.2. The van der Waals surface area contributed by atoms with Crippen LogP contribution in [-0.2, 0) is 0 Å². The number of imidazole rings is 5. The standard InChI is InChI=1S/4C25H14N2O.C25H16N2S/c1-4-10-20-17(8-1)23-18(25-26-19-9-3-5-11-21(19)27(20)25)14-13-16-15-7-2-6-12-22(15)28-24(16)23;1-4-10-21-15(7-1)17-14-24-18(16-8-2-6-12-23(16)28-24)13-19(17)25-26-20-9-3-5-11-22(20)27(21)25;1-4-10-19-15(7-1)16-13-14-22-23(17-8-2-6-12-21(17)28-22)24(16)25-26-18-9-3-5-11-20(18)27(19)25;1-4-10-19-15(7-1)23-17(25-26-18-9-3-5-11-20(18)27(19)25)13-14-22-24(23)16-8-2-6-12-21(16)28-22;1-2-8-16-15(7-1)23-20(27-19-11-5-4-10-18(19)26-25(16)27)13-14-22-24(23)17-9-3-6-12-21(17)28-22/h4*1-14H;1-14,17,21H. The number of fused-ring (bicyclic) bond motifs is 59. The summed E-state index contributed by atoms with van der Waals surface area (Å²) in [5.74, 6) is 0.435. The van der Waals surface area contributed by atoms with E-state index in [-0.39, 0.29) is 0 Å². The number of furan rings is 4. The van der Waals surface area contributed by atoms with Gasteiger partial charge >= 0.3 is 0 Å². The van der Waals surface area contributed by atoms with Crippen molar-refractivity contribution in [2.75, 3.05) is 0 Å². The summed E-state index contributed by atoms with van der Waals surface area (Å²) in [5, 5.41) is 27.7. The Morgan fingerprint density at radius 2 is 0.543 bits per heavy atom. The van der Waals surface area contributed by atoms with E-state index in [1.807, 2.05) is 84.6 Å². The number of aromatic nitrogens is 10. The molecule has 14 nitrogen and oxygen atoms in total. The van der Waals surface area contributed by atoms with Gasteiger partial charge in [0.1, 0.15) is 72.9 Å². The zero-order chi connectivity index (χ0) is 91.2. The van der Waals surface area contributed by atoms with Crippen LogP contribution in [0, 0.1) is 0 Å². The summed E-state index contributed by atoms with van der Waals surface area (Å²) in [6, 6.07) is 139. The van der Waals surface area contributed by atoms with Crippen molar-refractivity contribution in [2.24, 2.45) is 0 Å². The molecule has 19 aromatic carbocycles. The molecule has 0 radical (unpaired) electrons. The summed E-state index contributed by atoms with van der Waals surface area (Å²) < 4.78 is 36.3. The van der Waals surface area contributed by atoms with Crippen molar-refractivity contribution in [2.45, 2.75) is 16.1 Å². The highest BCUT2D eigenvalue weighted by Gasteiger charge is 2.35. The van der Waals surface area contributed by atoms with Crippen LogP contribution in [0.2, 0.25) is 0 Å². The molecule has 15 heterocycles. The maximum absolute atomic E-state index is 6.36. The fourth-order valence-corrected chi connectivity index (χ4v) is 24.6. The predicted octanol–water partition coefficient (Wildman–Crippen LogP) is 33.3. The van der Waals surface area contributed by atoms with E-state index in [1.54, 1.807) is 0 Å². The number of rotatable bonds is 0. The molecule has 33 aromatic rings. The van der Waals surface area contributed by atoms with E-state index < -0.39 is 0 Å². The Morgan fingerprint density at radius 1 is 0.193 bits per heavy atom. The van der Waals surface area contributed by atoms with Crippen LogP contribution in [-0.4, -0.2) is 52.2 Å². The van der Waals surface area contributed by atoms with Crippen molar-refractivity contribution in [3.05, 3.63) is 430 Å². The van der Waals surface area contributed by atoms with Gasteiger partial charge in [-0.2, -0.15) is 0 Å². The summed E-state index contributed by atoms with van der Waals surface area (Å²) in [6.07, 6.45) is 9.09. The summed E-state index contributed by atoms with van der Waals surface area (Å²) in [7, 11) is 0. The molecule has 0 spiro atoms. The Kier molecular flexibility index (Phi) is 16.2. The Morgan fingerprint density at radius 3 is 1.09 bits per heavy atom. The van der Waals surface area contributed by atoms with Crippen molar-refractivity contribution in [3.63, 3.8) is 0 Å². The van der Waals surface area contributed by atoms with Gasteiger partial charge in [-0.25, -0.2) is 24.9 Å². The highest BCUT2D eigenvalue weighted by molar-refractivity contribution is 8.00. The van der Waals surface area contributed by atoms with E-state index in [2.05, 4.69) is 374 Å². The molecule has 35 rings (SSSR count). The van der Waals surface area contributed by atoms with E-state index in [0.29, 0.717) is 11.2 Å². The molecular weight excluding hydrogens is 1740 g/mol. The lowest BCUT2D eigenvalue weighted by Gasteiger charge is -2.18. The molecule has 0 saturated heterocycles. The first kappa shape index (κ1) is 76.9. The maximum atomic E-state index is 6.36. The molecule has 1 aliphatic carbocycles. The predicted molar refractivity (Wildman–Crippen MR) is 578 cm³/mol. The Labute approximate surface area is 796 Å². The van der Waals surface area contributed by atoms with Gasteiger partial charge in [0.15, 0.2) is 0 Å². The average molecular weight is 1810 g/mol. The zero-order valence-electron chi connectivity index (χ0n) is 74.6. The number of pyridine rings is 5. The summed E-state index contributed by atoms with van der Waals surface area (Å²) in [6.45, 7) is 0. The Balaban J connectivity index is 0.0000000806. The molecule has 15 heteroatoms. The fraction of sp³-hybridized carbons (Fsp3) is 0.0160. The molecule has 140 heavy (non-hydrogen) atoms. The normalized spacial score (nSPS) is 13.9. The first-order valence-corrected chi connectivity index (χ1v) is 48.2. The molecule has 0 saturated carbocycles. The van der Waals surface area contributed by atoms with Crippen molar-refractivity contribution in [1.29, 1.82) is 0 Å². The lowest BCUT2D eigenvalue weighted by Crippen LogP contribution is -2.07. The minimum Gasteiger partial charge on any atom is -0.456 e. The van der Waals surface area contributed by atoms with Crippen molar-refractivity contribution in [1.82, 2.24) is 46.9 Å². The summed E-state index contributed by atoms with van der Waals surface area (Å²) >= 11 is 1.99. The van der Waals surface area contributed by atoms with Crippen LogP contribution in [0.25, 0.3) is 280 Å². The van der Waals surface area contributed by atoms with Gasteiger partial charge in [0.2, 0.25) is 0 Å². The monoisotopic (exact) mass is 1810 g/mol. The number of thioether (sulfide) groups is 1. The molecule has 0 bridgehead atoms. The van der Waals surface area contributed by atoms with E-state index in [4.69, 9.17) is 42.6 Å². The minimum absolute atomic E-state index is 0.435. The lowest BCUT2D eigenvalue weighted by atomic mass is 9.88. The third kappa shape index (κ3) is 11.0. The first-order valence-electron chi connectivity index (χ1n) is 47.3. The second kappa shape index (κ2) is 29.5. The number of allylic oxidation sites excluding steroid dienone is 3. The second-order valence-electron chi connectivity index (χ2n) is 36.5. The molecule has 14 aromatic heterocycles. The van der Waals surface area contributed by atoms with Crippen molar-refractivity contribution < 1.29 is 17.7 Å². The summed E-state index contributed by atoms with van der Waals surface area (Å²) in [5.41, 5.74) is 30.4. The Bertz CT molecular complexity index is 11200. The van der Waals surface area contributed by atoms with E-state index in [0.717, 1.165) is 204 Å². The van der Waals surface area contributed by atoms with Gasteiger partial charge in [-0.1, -0.05) is 255 Å². The molecule has 1 aliphatic heterocycles. The average Bonchev–Trinajstić information content (AvgIpc) is 1.53. The second-order valence-corrected chi connectivity index (χ2v) is 37.8. The zero-order valence-corrected chi connectivity index (χ0v) is 75.4. The molecule has 2 unspecified atom stereocenters. The smallest absolute Gasteiger partial charge is 0.147 e. The van der Waals surface area contributed by atoms with Crippen LogP contribution in [0.1, 0.15) is 11.5 Å². The quantitative estimate of drug-likeness (QED) is 0.135. The SMILES string of the molecule is C1=CC2Sc3ccc4c(c3C2C=C1)c1ccccc1c1nc2ccccc2n41.c1ccc2c(c1)nc1c3c(ccc4oc5ccccc5c43)c3ccccc3n21.c1ccc2c(c1)nc1c3cc4c(cc3c3ccccc3n21)oc1ccccc14.c1ccc2c(c1)nc1c3ccc4c5ccccc5oc4c3c3ccccc3n21.c1ccc2c(c1)nc1c3ccc4oc5ccccc5c4c3c3ccccc3n21. The van der Waals surface area contributed by atoms with Gasteiger partial charge < -0.3 is 17.7 Å². The van der Waals surface area contributed by atoms with Crippen LogP contribution in [0.3, 0.4) is 0 Å². The topological polar surface area (TPSA) is 139 Å². The first-order chi connectivity index (χ1) is 69.5. The van der Waals surface area contributed by atoms with Gasteiger partial charge in [-0.3, -0.25) is 22.0 Å². The van der Waals surface area contributed by atoms with Crippen LogP contribution in [0.4, 0.5) is 0 Å². The fourth-order valence-electron chi connectivity index (χ4n) is 23.3. The van der Waals surface area contributed by atoms with Gasteiger partial charge in [-0.15, -0.1) is 11.8 Å². The van der Waals surface area contributed by atoms with Gasteiger partial charge in [0.25, 0.3) is 0 Å². The van der Waals surface area contributed by atoms with Gasteiger partial charge in [0, 0.05) is 124 Å². The van der Waals surface area contributed by atoms with E-state index in [1.165, 1.54) is 86.3 Å². The van der Waals surface area contributed by atoms with Crippen LogP contribution >= 0.6 is 11.8 Å². The number of para-hydroxylation sites is 18.